The van der Waals surface area contributed by atoms with Gasteiger partial charge < -0.3 is 4.90 Å². The minimum absolute atomic E-state index is 0.0255. The predicted octanol–water partition coefficient (Wildman–Crippen LogP) is 3.23. The van der Waals surface area contributed by atoms with Crippen LogP contribution in [0.25, 0.3) is 10.9 Å². The summed E-state index contributed by atoms with van der Waals surface area (Å²) >= 11 is 6.24. The zero-order valence-corrected chi connectivity index (χ0v) is 16.2. The van der Waals surface area contributed by atoms with Crippen LogP contribution < -0.4 is 0 Å². The van der Waals surface area contributed by atoms with Gasteiger partial charge in [0.15, 0.2) is 5.69 Å². The van der Waals surface area contributed by atoms with Crippen LogP contribution in [-0.4, -0.2) is 58.2 Å². The third-order valence-corrected chi connectivity index (χ3v) is 5.64. The Morgan fingerprint density at radius 2 is 1.74 bits per heavy atom. The highest BCUT2D eigenvalue weighted by atomic mass is 35.5. The van der Waals surface area contributed by atoms with Gasteiger partial charge in [-0.1, -0.05) is 48.0 Å². The van der Waals surface area contributed by atoms with Crippen molar-refractivity contribution in [1.29, 1.82) is 0 Å². The molecule has 0 radical (unpaired) electrons. The fourth-order valence-corrected chi connectivity index (χ4v) is 3.91. The summed E-state index contributed by atoms with van der Waals surface area (Å²) in [5, 5.41) is 6.22. The molecule has 2 heterocycles. The van der Waals surface area contributed by atoms with E-state index in [1.165, 1.54) is 5.56 Å². The Hall–Kier alpha value is -2.37. The number of benzene rings is 2. The number of rotatable bonds is 4. The first-order valence-electron chi connectivity index (χ1n) is 9.30. The number of carbonyl (C=O) groups excluding carboxylic acids is 1. The van der Waals surface area contributed by atoms with Gasteiger partial charge in [0.1, 0.15) is 0 Å². The van der Waals surface area contributed by atoms with Gasteiger partial charge in [-0.15, -0.1) is 0 Å². The van der Waals surface area contributed by atoms with E-state index < -0.39 is 0 Å². The standard InChI is InChI=1S/C21H23ClN4O/c1-24-19-9-5-3-7-17(19)20(23-24)21(27)26-14-12-25(13-15-26)11-10-16-6-2-4-8-18(16)22/h2-9H,10-15H2,1H3. The molecule has 1 aromatic heterocycles. The SMILES string of the molecule is Cn1nc(C(=O)N2CCN(CCc3ccccc3Cl)CC2)c2ccccc21. The Morgan fingerprint density at radius 3 is 2.52 bits per heavy atom. The maximum atomic E-state index is 13.0. The van der Waals surface area contributed by atoms with E-state index in [2.05, 4.69) is 16.1 Å². The van der Waals surface area contributed by atoms with Gasteiger partial charge in [0.2, 0.25) is 0 Å². The molecular formula is C21H23ClN4O. The lowest BCUT2D eigenvalue weighted by Gasteiger charge is -2.34. The van der Waals surface area contributed by atoms with Gasteiger partial charge in [0.05, 0.1) is 5.52 Å². The van der Waals surface area contributed by atoms with Crippen molar-refractivity contribution in [2.45, 2.75) is 6.42 Å². The summed E-state index contributed by atoms with van der Waals surface area (Å²) in [6.45, 7) is 4.17. The molecule has 140 valence electrons. The van der Waals surface area contributed by atoms with Gasteiger partial charge in [0, 0.05) is 50.2 Å². The van der Waals surface area contributed by atoms with Gasteiger partial charge in [0.25, 0.3) is 5.91 Å². The third-order valence-electron chi connectivity index (χ3n) is 5.28. The fraction of sp³-hybridized carbons (Fsp3) is 0.333. The lowest BCUT2D eigenvalue weighted by Crippen LogP contribution is -2.49. The first-order chi connectivity index (χ1) is 13.1. The largest absolute Gasteiger partial charge is 0.335 e. The van der Waals surface area contributed by atoms with E-state index in [1.807, 2.05) is 54.4 Å². The van der Waals surface area contributed by atoms with E-state index >= 15 is 0 Å². The van der Waals surface area contributed by atoms with Crippen molar-refractivity contribution in [2.75, 3.05) is 32.7 Å². The maximum absolute atomic E-state index is 13.0. The first-order valence-corrected chi connectivity index (χ1v) is 9.68. The number of aryl methyl sites for hydroxylation is 1. The van der Waals surface area contributed by atoms with Gasteiger partial charge in [-0.05, 0) is 24.1 Å². The third kappa shape index (κ3) is 3.70. The van der Waals surface area contributed by atoms with Crippen LogP contribution in [0.15, 0.2) is 48.5 Å². The summed E-state index contributed by atoms with van der Waals surface area (Å²) in [5.74, 6) is 0.0255. The summed E-state index contributed by atoms with van der Waals surface area (Å²) in [4.78, 5) is 17.3. The van der Waals surface area contributed by atoms with Crippen LogP contribution in [0.1, 0.15) is 16.1 Å². The van der Waals surface area contributed by atoms with Crippen molar-refractivity contribution in [2.24, 2.45) is 7.05 Å². The molecule has 1 amide bonds. The summed E-state index contributed by atoms with van der Waals surface area (Å²) in [6.07, 6.45) is 0.929. The van der Waals surface area contributed by atoms with Crippen LogP contribution in [0.5, 0.6) is 0 Å². The number of carbonyl (C=O) groups is 1. The number of amides is 1. The number of hydrogen-bond acceptors (Lipinski definition) is 3. The summed E-state index contributed by atoms with van der Waals surface area (Å²) < 4.78 is 1.78. The van der Waals surface area contributed by atoms with Gasteiger partial charge >= 0.3 is 0 Å². The van der Waals surface area contributed by atoms with E-state index in [4.69, 9.17) is 11.6 Å². The Kier molecular flexibility index (Phi) is 5.14. The molecule has 0 aliphatic carbocycles. The second-order valence-electron chi connectivity index (χ2n) is 6.96. The minimum atomic E-state index is 0.0255. The van der Waals surface area contributed by atoms with Crippen LogP contribution in [0.2, 0.25) is 5.02 Å². The second-order valence-corrected chi connectivity index (χ2v) is 7.37. The van der Waals surface area contributed by atoms with E-state index in [9.17, 15) is 4.79 Å². The molecule has 1 fully saturated rings. The molecule has 0 atom stereocenters. The van der Waals surface area contributed by atoms with Crippen molar-refractivity contribution in [3.05, 3.63) is 64.8 Å². The minimum Gasteiger partial charge on any atom is -0.335 e. The molecule has 1 aliphatic rings. The molecular weight excluding hydrogens is 360 g/mol. The molecule has 27 heavy (non-hydrogen) atoms. The summed E-state index contributed by atoms with van der Waals surface area (Å²) in [7, 11) is 1.88. The number of aromatic nitrogens is 2. The zero-order chi connectivity index (χ0) is 18.8. The lowest BCUT2D eigenvalue weighted by atomic mass is 10.1. The van der Waals surface area contributed by atoms with Gasteiger partial charge in [-0.25, -0.2) is 0 Å². The zero-order valence-electron chi connectivity index (χ0n) is 15.4. The molecule has 0 unspecified atom stereocenters. The molecule has 0 bridgehead atoms. The molecule has 3 aromatic rings. The van der Waals surface area contributed by atoms with Crippen molar-refractivity contribution in [3.8, 4) is 0 Å². The number of para-hydroxylation sites is 1. The van der Waals surface area contributed by atoms with Crippen molar-refractivity contribution >= 4 is 28.4 Å². The molecule has 0 spiro atoms. The first kappa shape index (κ1) is 18.0. The second kappa shape index (κ2) is 7.71. The van der Waals surface area contributed by atoms with Crippen molar-refractivity contribution < 1.29 is 4.79 Å². The number of hydrogen-bond donors (Lipinski definition) is 0. The van der Waals surface area contributed by atoms with Crippen LogP contribution in [0.4, 0.5) is 0 Å². The molecule has 1 saturated heterocycles. The topological polar surface area (TPSA) is 41.4 Å². The molecule has 0 saturated carbocycles. The Balaban J connectivity index is 1.37. The molecule has 1 aliphatic heterocycles. The maximum Gasteiger partial charge on any atom is 0.275 e. The Morgan fingerprint density at radius 1 is 1.04 bits per heavy atom. The number of halogens is 1. The Labute approximate surface area is 164 Å². The van der Waals surface area contributed by atoms with E-state index in [1.54, 1.807) is 4.68 Å². The monoisotopic (exact) mass is 382 g/mol. The predicted molar refractivity (Wildman–Crippen MR) is 108 cm³/mol. The number of piperazine rings is 1. The average Bonchev–Trinajstić information content (AvgIpc) is 3.04. The molecule has 6 heteroatoms. The highest BCUT2D eigenvalue weighted by Gasteiger charge is 2.25. The average molecular weight is 383 g/mol. The van der Waals surface area contributed by atoms with Gasteiger partial charge in [-0.2, -0.15) is 5.10 Å². The van der Waals surface area contributed by atoms with E-state index in [0.717, 1.165) is 55.1 Å². The quantitative estimate of drug-likeness (QED) is 0.695. The molecule has 2 aromatic carbocycles. The van der Waals surface area contributed by atoms with Crippen molar-refractivity contribution in [1.82, 2.24) is 19.6 Å². The highest BCUT2D eigenvalue weighted by molar-refractivity contribution is 6.31. The van der Waals surface area contributed by atoms with Crippen LogP contribution in [0, 0.1) is 0 Å². The summed E-state index contributed by atoms with van der Waals surface area (Å²) in [6, 6.07) is 15.9. The number of fused-ring (bicyclic) bond motifs is 1. The molecule has 5 nitrogen and oxygen atoms in total. The lowest BCUT2D eigenvalue weighted by molar-refractivity contribution is 0.0634. The molecule has 0 N–H and O–H groups in total. The normalized spacial score (nSPS) is 15.4. The fourth-order valence-electron chi connectivity index (χ4n) is 3.68. The summed E-state index contributed by atoms with van der Waals surface area (Å²) in [5.41, 5.74) is 2.72. The van der Waals surface area contributed by atoms with Crippen molar-refractivity contribution in [3.63, 3.8) is 0 Å². The Bertz CT molecular complexity index is 960. The number of nitrogens with zero attached hydrogens (tertiary/aromatic N) is 4. The molecule has 4 rings (SSSR count). The van der Waals surface area contributed by atoms with Crippen LogP contribution in [0.3, 0.4) is 0 Å². The van der Waals surface area contributed by atoms with E-state index in [-0.39, 0.29) is 5.91 Å². The van der Waals surface area contributed by atoms with E-state index in [0.29, 0.717) is 5.69 Å². The van der Waals surface area contributed by atoms with Crippen LogP contribution >= 0.6 is 11.6 Å². The van der Waals surface area contributed by atoms with Gasteiger partial charge in [-0.3, -0.25) is 14.4 Å². The van der Waals surface area contributed by atoms with Crippen LogP contribution in [-0.2, 0) is 13.5 Å². The smallest absolute Gasteiger partial charge is 0.275 e. The highest BCUT2D eigenvalue weighted by Crippen LogP contribution is 2.20.